The first-order valence-corrected chi connectivity index (χ1v) is 9.72. The SMILES string of the molecule is O=C(CCn1c(=S)[nH]c2ccccc2c1=O)N1CCCC1c1ccc(F)cc1. The number of halogens is 1. The predicted octanol–water partition coefficient (Wildman–Crippen LogP) is 3.95. The molecule has 28 heavy (non-hydrogen) atoms. The Bertz CT molecular complexity index is 1140. The fourth-order valence-corrected chi connectivity index (χ4v) is 4.13. The number of H-pyrrole nitrogens is 1. The van der Waals surface area contributed by atoms with E-state index in [1.807, 2.05) is 11.0 Å². The van der Waals surface area contributed by atoms with E-state index in [0.29, 0.717) is 22.2 Å². The maximum absolute atomic E-state index is 13.2. The number of para-hydroxylation sites is 1. The summed E-state index contributed by atoms with van der Waals surface area (Å²) in [7, 11) is 0. The van der Waals surface area contributed by atoms with E-state index in [1.165, 1.54) is 16.7 Å². The molecule has 1 aliphatic rings. The van der Waals surface area contributed by atoms with Gasteiger partial charge < -0.3 is 9.88 Å². The van der Waals surface area contributed by atoms with E-state index in [2.05, 4.69) is 4.98 Å². The zero-order valence-electron chi connectivity index (χ0n) is 15.2. The summed E-state index contributed by atoms with van der Waals surface area (Å²) in [5.74, 6) is -0.314. The summed E-state index contributed by atoms with van der Waals surface area (Å²) < 4.78 is 15.0. The Balaban J connectivity index is 1.53. The van der Waals surface area contributed by atoms with Gasteiger partial charge in [-0.2, -0.15) is 0 Å². The highest BCUT2D eigenvalue weighted by molar-refractivity contribution is 7.71. The summed E-state index contributed by atoms with van der Waals surface area (Å²) in [6.45, 7) is 0.894. The lowest BCUT2D eigenvalue weighted by Gasteiger charge is -2.25. The Morgan fingerprint density at radius 2 is 1.93 bits per heavy atom. The van der Waals surface area contributed by atoms with Crippen molar-refractivity contribution in [3.8, 4) is 0 Å². The number of aromatic nitrogens is 2. The predicted molar refractivity (Wildman–Crippen MR) is 108 cm³/mol. The number of nitrogens with one attached hydrogen (secondary N) is 1. The fraction of sp³-hybridized carbons (Fsp3) is 0.286. The molecule has 1 saturated heterocycles. The lowest BCUT2D eigenvalue weighted by atomic mass is 10.0. The number of hydrogen-bond acceptors (Lipinski definition) is 3. The van der Waals surface area contributed by atoms with Crippen LogP contribution in [0.5, 0.6) is 0 Å². The molecule has 1 unspecified atom stereocenters. The Morgan fingerprint density at radius 3 is 2.71 bits per heavy atom. The minimum absolute atomic E-state index is 0.0266. The molecule has 0 spiro atoms. The third kappa shape index (κ3) is 3.49. The maximum Gasteiger partial charge on any atom is 0.262 e. The largest absolute Gasteiger partial charge is 0.336 e. The van der Waals surface area contributed by atoms with E-state index in [9.17, 15) is 14.0 Å². The van der Waals surface area contributed by atoms with Gasteiger partial charge in [0.15, 0.2) is 4.77 Å². The lowest BCUT2D eigenvalue weighted by Crippen LogP contribution is -2.32. The molecule has 1 N–H and O–H groups in total. The minimum atomic E-state index is -0.287. The molecular weight excluding hydrogens is 377 g/mol. The number of benzene rings is 2. The first kappa shape index (κ1) is 18.6. The van der Waals surface area contributed by atoms with Crippen molar-refractivity contribution >= 4 is 29.0 Å². The van der Waals surface area contributed by atoms with Crippen LogP contribution in [0.3, 0.4) is 0 Å². The normalized spacial score (nSPS) is 16.6. The molecule has 144 valence electrons. The monoisotopic (exact) mass is 397 g/mol. The van der Waals surface area contributed by atoms with Crippen LogP contribution in [0.4, 0.5) is 4.39 Å². The smallest absolute Gasteiger partial charge is 0.262 e. The number of amides is 1. The Labute approximate surface area is 166 Å². The van der Waals surface area contributed by atoms with Gasteiger partial charge in [0, 0.05) is 19.5 Å². The van der Waals surface area contributed by atoms with Gasteiger partial charge in [-0.15, -0.1) is 0 Å². The van der Waals surface area contributed by atoms with Crippen molar-refractivity contribution in [1.29, 1.82) is 0 Å². The number of carbonyl (C=O) groups excluding carboxylic acids is 1. The van der Waals surface area contributed by atoms with Crippen LogP contribution < -0.4 is 5.56 Å². The van der Waals surface area contributed by atoms with E-state index >= 15 is 0 Å². The number of hydrogen-bond donors (Lipinski definition) is 1. The van der Waals surface area contributed by atoms with Crippen molar-refractivity contribution < 1.29 is 9.18 Å². The van der Waals surface area contributed by atoms with Crippen LogP contribution in [-0.2, 0) is 11.3 Å². The van der Waals surface area contributed by atoms with Crippen LogP contribution in [0.1, 0.15) is 30.9 Å². The van der Waals surface area contributed by atoms with Crippen LogP contribution in [0.2, 0.25) is 0 Å². The molecule has 1 atom stereocenters. The highest BCUT2D eigenvalue weighted by Gasteiger charge is 2.29. The van der Waals surface area contributed by atoms with Gasteiger partial charge >= 0.3 is 0 Å². The molecule has 1 aliphatic heterocycles. The topological polar surface area (TPSA) is 58.1 Å². The second-order valence-electron chi connectivity index (χ2n) is 6.98. The first-order valence-electron chi connectivity index (χ1n) is 9.31. The van der Waals surface area contributed by atoms with Crippen molar-refractivity contribution in [1.82, 2.24) is 14.5 Å². The molecule has 0 bridgehead atoms. The number of nitrogens with zero attached hydrogens (tertiary/aromatic N) is 2. The van der Waals surface area contributed by atoms with E-state index in [-0.39, 0.29) is 36.3 Å². The zero-order valence-corrected chi connectivity index (χ0v) is 16.0. The van der Waals surface area contributed by atoms with Gasteiger partial charge in [-0.1, -0.05) is 24.3 Å². The molecule has 0 saturated carbocycles. The molecule has 1 aromatic heterocycles. The third-order valence-corrected chi connectivity index (χ3v) is 5.59. The molecular formula is C21H20FN3O2S. The Hall–Kier alpha value is -2.80. The van der Waals surface area contributed by atoms with E-state index in [4.69, 9.17) is 12.2 Å². The average molecular weight is 397 g/mol. The number of fused-ring (bicyclic) bond motifs is 1. The minimum Gasteiger partial charge on any atom is -0.336 e. The summed E-state index contributed by atoms with van der Waals surface area (Å²) in [5, 5.41) is 0.550. The molecule has 2 aromatic carbocycles. The first-order chi connectivity index (χ1) is 13.5. The number of likely N-dealkylation sites (tertiary alicyclic amines) is 1. The molecule has 0 aliphatic carbocycles. The van der Waals surface area contributed by atoms with Gasteiger partial charge in [-0.25, -0.2) is 4.39 Å². The summed E-state index contributed by atoms with van der Waals surface area (Å²) in [6.07, 6.45) is 1.95. The molecule has 5 nitrogen and oxygen atoms in total. The van der Waals surface area contributed by atoms with Gasteiger partial charge in [0.05, 0.1) is 16.9 Å². The van der Waals surface area contributed by atoms with E-state index < -0.39 is 0 Å². The highest BCUT2D eigenvalue weighted by atomic mass is 32.1. The number of carbonyl (C=O) groups is 1. The van der Waals surface area contributed by atoms with Crippen molar-refractivity contribution in [3.05, 3.63) is 75.0 Å². The van der Waals surface area contributed by atoms with Crippen LogP contribution in [0, 0.1) is 10.6 Å². The second-order valence-corrected chi connectivity index (χ2v) is 7.37. The molecule has 7 heteroatoms. The van der Waals surface area contributed by atoms with Gasteiger partial charge in [-0.3, -0.25) is 14.2 Å². The summed E-state index contributed by atoms with van der Waals surface area (Å²) in [5.41, 5.74) is 1.44. The summed E-state index contributed by atoms with van der Waals surface area (Å²) >= 11 is 5.31. The number of rotatable bonds is 4. The zero-order chi connectivity index (χ0) is 19.7. The average Bonchev–Trinajstić information content (AvgIpc) is 3.18. The van der Waals surface area contributed by atoms with Crippen molar-refractivity contribution in [3.63, 3.8) is 0 Å². The molecule has 3 aromatic rings. The standard InChI is InChI=1S/C21H20FN3O2S/c22-15-9-7-14(8-10-15)18-6-3-12-24(18)19(26)11-13-25-20(27)16-4-1-2-5-17(16)23-21(25)28/h1-2,4-5,7-10,18H,3,6,11-13H2,(H,23,28). The van der Waals surface area contributed by atoms with Crippen molar-refractivity contribution in [2.75, 3.05) is 6.54 Å². The van der Waals surface area contributed by atoms with Crippen LogP contribution in [0.25, 0.3) is 10.9 Å². The molecule has 1 fully saturated rings. The van der Waals surface area contributed by atoms with Crippen LogP contribution in [-0.4, -0.2) is 26.9 Å². The lowest BCUT2D eigenvalue weighted by molar-refractivity contribution is -0.132. The molecule has 1 amide bonds. The van der Waals surface area contributed by atoms with Crippen LogP contribution >= 0.6 is 12.2 Å². The highest BCUT2D eigenvalue weighted by Crippen LogP contribution is 2.32. The second kappa shape index (κ2) is 7.67. The molecule has 2 heterocycles. The van der Waals surface area contributed by atoms with E-state index in [0.717, 1.165) is 18.4 Å². The Kier molecular flexibility index (Phi) is 5.09. The fourth-order valence-electron chi connectivity index (χ4n) is 3.85. The molecule has 0 radical (unpaired) electrons. The van der Waals surface area contributed by atoms with E-state index in [1.54, 1.807) is 30.3 Å². The van der Waals surface area contributed by atoms with Gasteiger partial charge in [0.25, 0.3) is 5.56 Å². The van der Waals surface area contributed by atoms with Crippen molar-refractivity contribution in [2.45, 2.75) is 31.8 Å². The Morgan fingerprint density at radius 1 is 1.18 bits per heavy atom. The van der Waals surface area contributed by atoms with Gasteiger partial charge in [0.1, 0.15) is 5.82 Å². The van der Waals surface area contributed by atoms with Crippen molar-refractivity contribution in [2.24, 2.45) is 0 Å². The number of aromatic amines is 1. The van der Waals surface area contributed by atoms with Gasteiger partial charge in [-0.05, 0) is 54.9 Å². The summed E-state index contributed by atoms with van der Waals surface area (Å²) in [4.78, 5) is 30.4. The third-order valence-electron chi connectivity index (χ3n) is 5.27. The quantitative estimate of drug-likeness (QED) is 0.678. The summed E-state index contributed by atoms with van der Waals surface area (Å²) in [6, 6.07) is 13.4. The molecule has 4 rings (SSSR count). The van der Waals surface area contributed by atoms with Gasteiger partial charge in [0.2, 0.25) is 5.91 Å². The maximum atomic E-state index is 13.2. The van der Waals surface area contributed by atoms with Crippen LogP contribution in [0.15, 0.2) is 53.3 Å².